The lowest BCUT2D eigenvalue weighted by Crippen LogP contribution is -2.32. The Morgan fingerprint density at radius 2 is 2.10 bits per heavy atom. The van der Waals surface area contributed by atoms with Crippen LogP contribution in [0, 0.1) is 6.92 Å². The Morgan fingerprint density at radius 1 is 1.43 bits per heavy atom. The van der Waals surface area contributed by atoms with E-state index in [2.05, 4.69) is 4.98 Å². The topological polar surface area (TPSA) is 61.2 Å². The first-order valence-corrected chi connectivity index (χ1v) is 7.88. The minimum Gasteiger partial charge on any atom is -0.461 e. The highest BCUT2D eigenvalue weighted by Crippen LogP contribution is 2.23. The summed E-state index contributed by atoms with van der Waals surface area (Å²) in [5.41, 5.74) is -0.179. The molecule has 0 aliphatic heterocycles. The zero-order valence-electron chi connectivity index (χ0n) is 13.0. The van der Waals surface area contributed by atoms with Crippen molar-refractivity contribution in [1.29, 1.82) is 0 Å². The summed E-state index contributed by atoms with van der Waals surface area (Å²) >= 11 is 1.52. The summed E-state index contributed by atoms with van der Waals surface area (Å²) in [6.07, 6.45) is 0.658. The quantitative estimate of drug-likeness (QED) is 0.815. The zero-order chi connectivity index (χ0) is 15.7. The van der Waals surface area contributed by atoms with Gasteiger partial charge in [0, 0.05) is 4.88 Å². The molecule has 2 aromatic rings. The van der Waals surface area contributed by atoms with Gasteiger partial charge in [0.25, 0.3) is 5.56 Å². The first-order chi connectivity index (χ1) is 9.85. The number of carbonyl (C=O) groups is 1. The van der Waals surface area contributed by atoms with Crippen molar-refractivity contribution < 1.29 is 9.53 Å². The van der Waals surface area contributed by atoms with Crippen LogP contribution >= 0.6 is 11.3 Å². The Kier molecular flexibility index (Phi) is 4.46. The number of fused-ring (bicyclic) bond motifs is 1. The monoisotopic (exact) mass is 308 g/mol. The normalized spacial score (nSPS) is 12.9. The van der Waals surface area contributed by atoms with Crippen LogP contribution in [0.1, 0.15) is 44.4 Å². The van der Waals surface area contributed by atoms with Crippen molar-refractivity contribution in [1.82, 2.24) is 9.55 Å². The Bertz CT molecular complexity index is 730. The van der Waals surface area contributed by atoms with Crippen molar-refractivity contribution in [2.24, 2.45) is 0 Å². The molecular formula is C15H20N2O3S. The van der Waals surface area contributed by atoms with E-state index in [1.807, 2.05) is 13.0 Å². The number of rotatable bonds is 4. The molecule has 6 heteroatoms. The van der Waals surface area contributed by atoms with Gasteiger partial charge >= 0.3 is 5.97 Å². The smallest absolute Gasteiger partial charge is 0.329 e. The molecule has 21 heavy (non-hydrogen) atoms. The molecule has 0 radical (unpaired) electrons. The van der Waals surface area contributed by atoms with Crippen LogP contribution in [0.25, 0.3) is 10.2 Å². The second kappa shape index (κ2) is 5.97. The molecule has 5 nitrogen and oxygen atoms in total. The molecule has 0 bridgehead atoms. The van der Waals surface area contributed by atoms with Gasteiger partial charge in [0.05, 0.1) is 11.5 Å². The molecule has 2 rings (SSSR count). The minimum absolute atomic E-state index is 0.179. The molecule has 0 saturated carbocycles. The summed E-state index contributed by atoms with van der Waals surface area (Å²) < 4.78 is 6.61. The van der Waals surface area contributed by atoms with Crippen molar-refractivity contribution in [3.8, 4) is 0 Å². The lowest BCUT2D eigenvalue weighted by atomic mass is 10.2. The first kappa shape index (κ1) is 15.7. The lowest BCUT2D eigenvalue weighted by Gasteiger charge is -2.18. The van der Waals surface area contributed by atoms with E-state index in [1.165, 1.54) is 15.9 Å². The Balaban J connectivity index is 2.53. The van der Waals surface area contributed by atoms with Crippen molar-refractivity contribution in [2.45, 2.75) is 53.2 Å². The number of ether oxygens (including phenoxy) is 1. The highest BCUT2D eigenvalue weighted by molar-refractivity contribution is 7.18. The number of esters is 1. The highest BCUT2D eigenvalue weighted by Gasteiger charge is 2.22. The standard InChI is InChI=1S/C15H20N2O3S/c1-6-11-7-12-13(21-11)16-10(5)17(14(12)18)9(4)15(19)20-8(2)3/h7-9H,6H2,1-5H3. The number of aromatic nitrogens is 2. The third kappa shape index (κ3) is 3.00. The van der Waals surface area contributed by atoms with Crippen LogP contribution < -0.4 is 5.56 Å². The maximum absolute atomic E-state index is 12.6. The summed E-state index contributed by atoms with van der Waals surface area (Å²) in [7, 11) is 0. The van der Waals surface area contributed by atoms with Gasteiger partial charge in [0.15, 0.2) is 0 Å². The second-order valence-electron chi connectivity index (χ2n) is 5.28. The molecule has 0 saturated heterocycles. The van der Waals surface area contributed by atoms with Gasteiger partial charge in [-0.05, 0) is 40.2 Å². The average Bonchev–Trinajstić information content (AvgIpc) is 2.81. The lowest BCUT2D eigenvalue weighted by molar-refractivity contribution is -0.151. The Morgan fingerprint density at radius 3 is 2.67 bits per heavy atom. The van der Waals surface area contributed by atoms with E-state index < -0.39 is 12.0 Å². The Labute approximate surface area is 127 Å². The first-order valence-electron chi connectivity index (χ1n) is 7.07. The summed E-state index contributed by atoms with van der Waals surface area (Å²) in [6.45, 7) is 9.02. The predicted octanol–water partition coefficient (Wildman–Crippen LogP) is 2.84. The van der Waals surface area contributed by atoms with Crippen molar-refractivity contribution >= 4 is 27.5 Å². The summed E-state index contributed by atoms with van der Waals surface area (Å²) in [6, 6.07) is 1.19. The van der Waals surface area contributed by atoms with E-state index >= 15 is 0 Å². The van der Waals surface area contributed by atoms with Crippen molar-refractivity contribution in [2.75, 3.05) is 0 Å². The molecule has 0 spiro atoms. The summed E-state index contributed by atoms with van der Waals surface area (Å²) in [5, 5.41) is 0.576. The molecule has 114 valence electrons. The van der Waals surface area contributed by atoms with Crippen LogP contribution in [-0.4, -0.2) is 21.6 Å². The van der Waals surface area contributed by atoms with Crippen LogP contribution in [0.4, 0.5) is 0 Å². The molecule has 1 atom stereocenters. The summed E-state index contributed by atoms with van der Waals surface area (Å²) in [5.74, 6) is 0.118. The molecule has 1 unspecified atom stereocenters. The van der Waals surface area contributed by atoms with E-state index in [0.717, 1.165) is 16.1 Å². The third-order valence-corrected chi connectivity index (χ3v) is 4.43. The van der Waals surface area contributed by atoms with Crippen molar-refractivity contribution in [3.63, 3.8) is 0 Å². The maximum Gasteiger partial charge on any atom is 0.329 e. The number of hydrogen-bond donors (Lipinski definition) is 0. The van der Waals surface area contributed by atoms with Gasteiger partial charge in [-0.1, -0.05) is 6.92 Å². The fraction of sp³-hybridized carbons (Fsp3) is 0.533. The van der Waals surface area contributed by atoms with Gasteiger partial charge in [-0.15, -0.1) is 11.3 Å². The van der Waals surface area contributed by atoms with Gasteiger partial charge in [-0.2, -0.15) is 0 Å². The van der Waals surface area contributed by atoms with E-state index in [4.69, 9.17) is 4.74 Å². The number of nitrogens with zero attached hydrogens (tertiary/aromatic N) is 2. The van der Waals surface area contributed by atoms with E-state index in [1.54, 1.807) is 27.7 Å². The van der Waals surface area contributed by atoms with E-state index in [9.17, 15) is 9.59 Å². The molecule has 0 N–H and O–H groups in total. The highest BCUT2D eigenvalue weighted by atomic mass is 32.1. The largest absolute Gasteiger partial charge is 0.461 e. The van der Waals surface area contributed by atoms with E-state index in [0.29, 0.717) is 11.2 Å². The fourth-order valence-electron chi connectivity index (χ4n) is 2.21. The van der Waals surface area contributed by atoms with Gasteiger partial charge < -0.3 is 4.74 Å². The molecule has 0 amide bonds. The van der Waals surface area contributed by atoms with Gasteiger partial charge in [-0.25, -0.2) is 9.78 Å². The number of carbonyl (C=O) groups excluding carboxylic acids is 1. The maximum atomic E-state index is 12.6. The van der Waals surface area contributed by atoms with Crippen LogP contribution in [0.15, 0.2) is 10.9 Å². The SMILES string of the molecule is CCc1cc2c(=O)n(C(C)C(=O)OC(C)C)c(C)nc2s1. The molecule has 0 aromatic carbocycles. The zero-order valence-corrected chi connectivity index (χ0v) is 13.8. The summed E-state index contributed by atoms with van der Waals surface area (Å²) in [4.78, 5) is 31.0. The minimum atomic E-state index is -0.679. The van der Waals surface area contributed by atoms with Crippen LogP contribution in [0.2, 0.25) is 0 Å². The van der Waals surface area contributed by atoms with Crippen LogP contribution in [0.5, 0.6) is 0 Å². The Hall–Kier alpha value is -1.69. The molecule has 0 fully saturated rings. The fourth-order valence-corrected chi connectivity index (χ4v) is 3.22. The third-order valence-electron chi connectivity index (χ3n) is 3.25. The van der Waals surface area contributed by atoms with Crippen LogP contribution in [-0.2, 0) is 16.0 Å². The van der Waals surface area contributed by atoms with Crippen LogP contribution in [0.3, 0.4) is 0 Å². The molecule has 2 heterocycles. The molecule has 2 aromatic heterocycles. The number of aryl methyl sites for hydroxylation is 2. The van der Waals surface area contributed by atoms with Crippen molar-refractivity contribution in [3.05, 3.63) is 27.1 Å². The second-order valence-corrected chi connectivity index (χ2v) is 6.40. The number of thiophene rings is 1. The average molecular weight is 308 g/mol. The predicted molar refractivity (Wildman–Crippen MR) is 83.9 cm³/mol. The van der Waals surface area contributed by atoms with Gasteiger partial charge in [-0.3, -0.25) is 9.36 Å². The van der Waals surface area contributed by atoms with Gasteiger partial charge in [0.1, 0.15) is 16.7 Å². The molecule has 0 aliphatic rings. The number of hydrogen-bond acceptors (Lipinski definition) is 5. The van der Waals surface area contributed by atoms with E-state index in [-0.39, 0.29) is 11.7 Å². The van der Waals surface area contributed by atoms with Gasteiger partial charge in [0.2, 0.25) is 0 Å². The molecular weight excluding hydrogens is 288 g/mol. The molecule has 0 aliphatic carbocycles.